The third-order valence-electron chi connectivity index (χ3n) is 7.57. The van der Waals surface area contributed by atoms with Crippen LogP contribution in [0.25, 0.3) is 10.9 Å². The van der Waals surface area contributed by atoms with Crippen LogP contribution in [-0.2, 0) is 0 Å². The Morgan fingerprint density at radius 3 is 2.47 bits per heavy atom. The number of hydrogen-bond acceptors (Lipinski definition) is 5. The highest BCUT2D eigenvalue weighted by atomic mass is 16.1. The van der Waals surface area contributed by atoms with E-state index in [4.69, 9.17) is 4.98 Å². The Morgan fingerprint density at radius 2 is 1.81 bits per heavy atom. The summed E-state index contributed by atoms with van der Waals surface area (Å²) in [7, 11) is 0. The molecule has 1 atom stereocenters. The van der Waals surface area contributed by atoms with Gasteiger partial charge in [0.2, 0.25) is 5.95 Å². The van der Waals surface area contributed by atoms with Crippen LogP contribution in [0.2, 0.25) is 0 Å². The number of aromatic nitrogens is 3. The molecule has 2 fully saturated rings. The van der Waals surface area contributed by atoms with Crippen LogP contribution in [0.4, 0.5) is 5.95 Å². The molecule has 0 radical (unpaired) electrons. The zero-order valence-electron chi connectivity index (χ0n) is 20.4. The van der Waals surface area contributed by atoms with Gasteiger partial charge in [0.1, 0.15) is 0 Å². The van der Waals surface area contributed by atoms with Crippen LogP contribution < -0.4 is 10.9 Å². The summed E-state index contributed by atoms with van der Waals surface area (Å²) in [6, 6.07) is 1.16. The molecule has 32 heavy (non-hydrogen) atoms. The second kappa shape index (κ2) is 10.3. The first-order valence-electron chi connectivity index (χ1n) is 12.9. The lowest BCUT2D eigenvalue weighted by atomic mass is 9.84. The number of rotatable bonds is 7. The van der Waals surface area contributed by atoms with Gasteiger partial charge in [-0.2, -0.15) is 0 Å². The number of fused-ring (bicyclic) bond motifs is 1. The maximum atomic E-state index is 13.6. The number of nitrogens with one attached hydrogen (secondary N) is 1. The molecule has 2 aliphatic rings. The van der Waals surface area contributed by atoms with Gasteiger partial charge in [0.05, 0.1) is 10.9 Å². The van der Waals surface area contributed by atoms with Crippen molar-refractivity contribution in [1.29, 1.82) is 0 Å². The van der Waals surface area contributed by atoms with Crippen molar-refractivity contribution in [3.05, 3.63) is 28.3 Å². The van der Waals surface area contributed by atoms with Crippen molar-refractivity contribution in [2.45, 2.75) is 110 Å². The van der Waals surface area contributed by atoms with Crippen LogP contribution in [0.15, 0.2) is 17.2 Å². The summed E-state index contributed by atoms with van der Waals surface area (Å²) in [6.07, 6.45) is 14.5. The predicted molar refractivity (Wildman–Crippen MR) is 133 cm³/mol. The Morgan fingerprint density at radius 1 is 1.09 bits per heavy atom. The van der Waals surface area contributed by atoms with Crippen LogP contribution in [0.1, 0.15) is 103 Å². The van der Waals surface area contributed by atoms with Crippen LogP contribution in [0.5, 0.6) is 0 Å². The van der Waals surface area contributed by atoms with Gasteiger partial charge in [0.15, 0.2) is 0 Å². The molecular weight excluding hydrogens is 398 g/mol. The highest BCUT2D eigenvalue weighted by molar-refractivity contribution is 5.81. The molecule has 176 valence electrons. The van der Waals surface area contributed by atoms with E-state index in [1.54, 1.807) is 6.20 Å². The molecule has 4 rings (SSSR count). The average Bonchev–Trinajstić information content (AvgIpc) is 2.80. The second-order valence-corrected chi connectivity index (χ2v) is 10.3. The summed E-state index contributed by atoms with van der Waals surface area (Å²) in [4.78, 5) is 25.5. The van der Waals surface area contributed by atoms with E-state index in [9.17, 15) is 4.79 Å². The Balaban J connectivity index is 1.72. The van der Waals surface area contributed by atoms with Gasteiger partial charge in [-0.25, -0.2) is 9.97 Å². The van der Waals surface area contributed by atoms with Gasteiger partial charge in [-0.1, -0.05) is 32.6 Å². The van der Waals surface area contributed by atoms with E-state index in [-0.39, 0.29) is 11.6 Å². The van der Waals surface area contributed by atoms with Gasteiger partial charge in [-0.15, -0.1) is 0 Å². The van der Waals surface area contributed by atoms with E-state index in [1.807, 2.05) is 4.57 Å². The molecular formula is C26H41N5O. The fraction of sp³-hybridized carbons (Fsp3) is 0.731. The van der Waals surface area contributed by atoms with Gasteiger partial charge < -0.3 is 14.8 Å². The van der Waals surface area contributed by atoms with Crippen molar-refractivity contribution in [2.75, 3.05) is 18.4 Å². The lowest BCUT2D eigenvalue weighted by Crippen LogP contribution is -2.41. The molecule has 1 unspecified atom stereocenters. The molecule has 6 heteroatoms. The molecule has 0 aromatic carbocycles. The summed E-state index contributed by atoms with van der Waals surface area (Å²) in [6.45, 7) is 11.0. The first-order chi connectivity index (χ1) is 15.5. The molecule has 1 aliphatic carbocycles. The van der Waals surface area contributed by atoms with Gasteiger partial charge >= 0.3 is 0 Å². The van der Waals surface area contributed by atoms with Crippen molar-refractivity contribution in [2.24, 2.45) is 0 Å². The Kier molecular flexibility index (Phi) is 7.49. The van der Waals surface area contributed by atoms with Crippen LogP contribution in [0, 0.1) is 0 Å². The quantitative estimate of drug-likeness (QED) is 0.618. The van der Waals surface area contributed by atoms with Gasteiger partial charge in [-0.3, -0.25) is 4.79 Å². The number of nitrogens with zero attached hydrogens (tertiary/aromatic N) is 4. The summed E-state index contributed by atoms with van der Waals surface area (Å²) in [5.41, 5.74) is 2.22. The molecule has 1 aliphatic heterocycles. The number of pyridine rings is 1. The fourth-order valence-electron chi connectivity index (χ4n) is 5.63. The normalized spacial score (nSPS) is 20.2. The minimum absolute atomic E-state index is 0.0794. The number of likely N-dealkylation sites (tertiary alicyclic amines) is 1. The first-order valence-corrected chi connectivity index (χ1v) is 12.9. The second-order valence-electron chi connectivity index (χ2n) is 10.3. The summed E-state index contributed by atoms with van der Waals surface area (Å²) in [5.74, 6) is 1.14. The number of hydrogen-bond donors (Lipinski definition) is 1. The SMILES string of the molecule is CCCC(C)Nc1ncc2c(=O)n(C3CCN(C(C)C)CC3)cc(C3CCCCC3)c2n1. The molecule has 0 amide bonds. The highest BCUT2D eigenvalue weighted by Gasteiger charge is 2.27. The van der Waals surface area contributed by atoms with Gasteiger partial charge in [0.25, 0.3) is 5.56 Å². The standard InChI is InChI=1S/C26H41N5O/c1-5-9-19(4)28-26-27-16-22-24(29-26)23(20-10-7-6-8-11-20)17-31(25(22)32)21-12-14-30(15-13-21)18(2)3/h16-21H,5-15H2,1-4H3,(H,27,28,29). The van der Waals surface area contributed by atoms with Crippen molar-refractivity contribution >= 4 is 16.9 Å². The molecule has 2 aromatic heterocycles. The zero-order valence-corrected chi connectivity index (χ0v) is 20.4. The van der Waals surface area contributed by atoms with E-state index in [0.29, 0.717) is 29.3 Å². The molecule has 3 heterocycles. The van der Waals surface area contributed by atoms with Crippen molar-refractivity contribution in [3.8, 4) is 0 Å². The van der Waals surface area contributed by atoms with E-state index in [0.717, 1.165) is 44.3 Å². The maximum absolute atomic E-state index is 13.6. The van der Waals surface area contributed by atoms with E-state index >= 15 is 0 Å². The first kappa shape index (κ1) is 23.2. The summed E-state index contributed by atoms with van der Waals surface area (Å²) < 4.78 is 2.04. The topological polar surface area (TPSA) is 63.1 Å². The minimum Gasteiger partial charge on any atom is -0.352 e. The third-order valence-corrected chi connectivity index (χ3v) is 7.57. The van der Waals surface area contributed by atoms with Crippen molar-refractivity contribution < 1.29 is 0 Å². The lowest BCUT2D eigenvalue weighted by Gasteiger charge is -2.35. The number of piperidine rings is 1. The molecule has 0 spiro atoms. The van der Waals surface area contributed by atoms with Crippen LogP contribution in [-0.4, -0.2) is 44.6 Å². The zero-order chi connectivity index (χ0) is 22.7. The summed E-state index contributed by atoms with van der Waals surface area (Å²) in [5, 5.41) is 4.13. The van der Waals surface area contributed by atoms with Crippen LogP contribution in [0.3, 0.4) is 0 Å². The fourth-order valence-corrected chi connectivity index (χ4v) is 5.63. The van der Waals surface area contributed by atoms with Crippen molar-refractivity contribution in [3.63, 3.8) is 0 Å². The highest BCUT2D eigenvalue weighted by Crippen LogP contribution is 2.36. The molecule has 6 nitrogen and oxygen atoms in total. The number of anilines is 1. The molecule has 1 saturated carbocycles. The Hall–Kier alpha value is -1.95. The van der Waals surface area contributed by atoms with E-state index < -0.39 is 0 Å². The average molecular weight is 440 g/mol. The maximum Gasteiger partial charge on any atom is 0.261 e. The molecule has 1 N–H and O–H groups in total. The van der Waals surface area contributed by atoms with Gasteiger partial charge in [-0.05, 0) is 64.4 Å². The van der Waals surface area contributed by atoms with E-state index in [1.165, 1.54) is 37.7 Å². The smallest absolute Gasteiger partial charge is 0.261 e. The molecule has 1 saturated heterocycles. The monoisotopic (exact) mass is 439 g/mol. The lowest BCUT2D eigenvalue weighted by molar-refractivity contribution is 0.150. The molecule has 2 aromatic rings. The largest absolute Gasteiger partial charge is 0.352 e. The Labute approximate surface area is 192 Å². The van der Waals surface area contributed by atoms with E-state index in [2.05, 4.69) is 49.1 Å². The third kappa shape index (κ3) is 5.00. The molecule has 0 bridgehead atoms. The Bertz CT molecular complexity index is 955. The summed E-state index contributed by atoms with van der Waals surface area (Å²) >= 11 is 0. The van der Waals surface area contributed by atoms with Gasteiger partial charge in [0, 0.05) is 43.6 Å². The minimum atomic E-state index is 0.0794. The predicted octanol–water partition coefficient (Wildman–Crippen LogP) is 5.49. The van der Waals surface area contributed by atoms with Crippen LogP contribution >= 0.6 is 0 Å². The van der Waals surface area contributed by atoms with Crippen molar-refractivity contribution in [1.82, 2.24) is 19.4 Å².